The molecule has 1 aliphatic carbocycles. The van der Waals surface area contributed by atoms with Gasteiger partial charge in [0.1, 0.15) is 11.5 Å². The van der Waals surface area contributed by atoms with Crippen LogP contribution in [0.25, 0.3) is 0 Å². The molecule has 1 aromatic rings. The van der Waals surface area contributed by atoms with E-state index in [-0.39, 0.29) is 0 Å². The van der Waals surface area contributed by atoms with Gasteiger partial charge in [-0.05, 0) is 38.8 Å². The quantitative estimate of drug-likeness (QED) is 0.853. The van der Waals surface area contributed by atoms with Crippen LogP contribution in [0.3, 0.4) is 0 Å². The van der Waals surface area contributed by atoms with Gasteiger partial charge in [-0.3, -0.25) is 0 Å². The van der Waals surface area contributed by atoms with E-state index >= 15 is 0 Å². The lowest BCUT2D eigenvalue weighted by Gasteiger charge is -2.25. The number of fused-ring (bicyclic) bond motifs is 1. The summed E-state index contributed by atoms with van der Waals surface area (Å²) in [6.07, 6.45) is 3.79. The highest BCUT2D eigenvalue weighted by molar-refractivity contribution is 5.55. The molecule has 0 saturated carbocycles. The van der Waals surface area contributed by atoms with E-state index in [0.29, 0.717) is 6.54 Å². The molecule has 1 aliphatic rings. The summed E-state index contributed by atoms with van der Waals surface area (Å²) in [7, 11) is 5.18. The Labute approximate surface area is 114 Å². The average molecular weight is 265 g/mol. The molecule has 0 spiro atoms. The maximum absolute atomic E-state index is 10.3. The molecule has 0 fully saturated rings. The zero-order valence-corrected chi connectivity index (χ0v) is 12.0. The fourth-order valence-electron chi connectivity index (χ4n) is 2.87. The Balaban J connectivity index is 2.53. The molecule has 1 atom stereocenters. The first kappa shape index (κ1) is 14.2. The van der Waals surface area contributed by atoms with Crippen LogP contribution in [0, 0.1) is 0 Å². The normalized spacial score (nSPS) is 15.8. The van der Waals surface area contributed by atoms with Crippen LogP contribution in [-0.2, 0) is 12.8 Å². The summed E-state index contributed by atoms with van der Waals surface area (Å²) in [6, 6.07) is 1.92. The van der Waals surface area contributed by atoms with Gasteiger partial charge in [0.2, 0.25) is 0 Å². The highest BCUT2D eigenvalue weighted by Crippen LogP contribution is 2.41. The molecular weight excluding hydrogens is 242 g/mol. The van der Waals surface area contributed by atoms with Crippen molar-refractivity contribution < 1.29 is 14.6 Å². The third-order valence-electron chi connectivity index (χ3n) is 3.77. The molecular formula is C15H23NO3. The van der Waals surface area contributed by atoms with Gasteiger partial charge in [-0.1, -0.05) is 0 Å². The smallest absolute Gasteiger partial charge is 0.128 e. The fourth-order valence-corrected chi connectivity index (χ4v) is 2.87. The van der Waals surface area contributed by atoms with Gasteiger partial charge in [-0.15, -0.1) is 0 Å². The van der Waals surface area contributed by atoms with Gasteiger partial charge in [-0.2, -0.15) is 0 Å². The number of hydrogen-bond acceptors (Lipinski definition) is 4. The topological polar surface area (TPSA) is 50.7 Å². The van der Waals surface area contributed by atoms with Crippen LogP contribution in [0.2, 0.25) is 0 Å². The minimum Gasteiger partial charge on any atom is -0.496 e. The lowest BCUT2D eigenvalue weighted by Crippen LogP contribution is -2.19. The predicted molar refractivity (Wildman–Crippen MR) is 75.1 cm³/mol. The van der Waals surface area contributed by atoms with Gasteiger partial charge in [0.05, 0.1) is 20.3 Å². The Morgan fingerprint density at radius 2 is 1.89 bits per heavy atom. The zero-order valence-electron chi connectivity index (χ0n) is 12.0. The largest absolute Gasteiger partial charge is 0.496 e. The van der Waals surface area contributed by atoms with Gasteiger partial charge in [0, 0.05) is 23.2 Å². The summed E-state index contributed by atoms with van der Waals surface area (Å²) in [5.41, 5.74) is 3.26. The molecule has 1 unspecified atom stereocenters. The van der Waals surface area contributed by atoms with Crippen LogP contribution < -0.4 is 14.8 Å². The van der Waals surface area contributed by atoms with Gasteiger partial charge in [0.15, 0.2) is 0 Å². The molecule has 0 radical (unpaired) electrons. The second-order valence-corrected chi connectivity index (χ2v) is 4.94. The summed E-state index contributed by atoms with van der Waals surface area (Å²) in [5.74, 6) is 1.71. The van der Waals surface area contributed by atoms with E-state index in [4.69, 9.17) is 9.47 Å². The van der Waals surface area contributed by atoms with Crippen molar-refractivity contribution in [2.24, 2.45) is 0 Å². The zero-order chi connectivity index (χ0) is 13.8. The molecule has 0 aromatic heterocycles. The second-order valence-electron chi connectivity index (χ2n) is 4.94. The minimum absolute atomic E-state index is 0.498. The van der Waals surface area contributed by atoms with Crippen molar-refractivity contribution >= 4 is 0 Å². The maximum atomic E-state index is 10.3. The second kappa shape index (κ2) is 6.26. The SMILES string of the molecule is CNCC(O)c1cc(OC)c2c(c1OC)CCCC2. The van der Waals surface area contributed by atoms with E-state index in [2.05, 4.69) is 5.32 Å². The van der Waals surface area contributed by atoms with E-state index < -0.39 is 6.10 Å². The van der Waals surface area contributed by atoms with Crippen molar-refractivity contribution in [3.05, 3.63) is 22.8 Å². The average Bonchev–Trinajstić information content (AvgIpc) is 2.45. The Morgan fingerprint density at radius 3 is 2.47 bits per heavy atom. The molecule has 0 bridgehead atoms. The van der Waals surface area contributed by atoms with E-state index in [1.807, 2.05) is 13.1 Å². The summed E-state index contributed by atoms with van der Waals surface area (Å²) in [6.45, 7) is 0.498. The lowest BCUT2D eigenvalue weighted by atomic mass is 9.87. The van der Waals surface area contributed by atoms with Gasteiger partial charge in [0.25, 0.3) is 0 Å². The van der Waals surface area contributed by atoms with E-state index in [9.17, 15) is 5.11 Å². The monoisotopic (exact) mass is 265 g/mol. The summed E-state index contributed by atoms with van der Waals surface area (Å²) in [4.78, 5) is 0. The molecule has 0 heterocycles. The van der Waals surface area contributed by atoms with Crippen molar-refractivity contribution in [1.29, 1.82) is 0 Å². The van der Waals surface area contributed by atoms with Crippen LogP contribution >= 0.6 is 0 Å². The van der Waals surface area contributed by atoms with Crippen molar-refractivity contribution in [2.45, 2.75) is 31.8 Å². The highest BCUT2D eigenvalue weighted by atomic mass is 16.5. The number of rotatable bonds is 5. The predicted octanol–water partition coefficient (Wildman–Crippen LogP) is 1.84. The third-order valence-corrected chi connectivity index (χ3v) is 3.77. The Kier molecular flexibility index (Phi) is 4.66. The molecule has 19 heavy (non-hydrogen) atoms. The minimum atomic E-state index is -0.582. The van der Waals surface area contributed by atoms with E-state index in [1.54, 1.807) is 14.2 Å². The number of hydrogen-bond donors (Lipinski definition) is 2. The van der Waals surface area contributed by atoms with Crippen LogP contribution in [0.15, 0.2) is 6.07 Å². The molecule has 0 amide bonds. The molecule has 2 N–H and O–H groups in total. The molecule has 4 heteroatoms. The van der Waals surface area contributed by atoms with Crippen molar-refractivity contribution in [3.63, 3.8) is 0 Å². The first-order chi connectivity index (χ1) is 9.22. The van der Waals surface area contributed by atoms with Crippen molar-refractivity contribution in [3.8, 4) is 11.5 Å². The Bertz CT molecular complexity index is 446. The maximum Gasteiger partial charge on any atom is 0.128 e. The van der Waals surface area contributed by atoms with Crippen LogP contribution in [0.4, 0.5) is 0 Å². The number of aliphatic hydroxyl groups is 1. The standard InChI is InChI=1S/C15H23NO3/c1-16-9-13(17)12-8-14(18-2)10-6-4-5-7-11(10)15(12)19-3/h8,13,16-17H,4-7,9H2,1-3H3. The number of methoxy groups -OCH3 is 2. The highest BCUT2D eigenvalue weighted by Gasteiger charge is 2.24. The molecule has 2 rings (SSSR count). The van der Waals surface area contributed by atoms with Gasteiger partial charge >= 0.3 is 0 Å². The number of ether oxygens (including phenoxy) is 2. The van der Waals surface area contributed by atoms with Crippen molar-refractivity contribution in [1.82, 2.24) is 5.32 Å². The number of nitrogens with one attached hydrogen (secondary N) is 1. The number of aliphatic hydroxyl groups excluding tert-OH is 1. The van der Waals surface area contributed by atoms with Crippen molar-refractivity contribution in [2.75, 3.05) is 27.8 Å². The molecule has 4 nitrogen and oxygen atoms in total. The van der Waals surface area contributed by atoms with E-state index in [1.165, 1.54) is 17.5 Å². The molecule has 0 aliphatic heterocycles. The Morgan fingerprint density at radius 1 is 1.21 bits per heavy atom. The van der Waals surface area contributed by atoms with Crippen LogP contribution in [0.5, 0.6) is 11.5 Å². The summed E-state index contributed by atoms with van der Waals surface area (Å²) in [5, 5.41) is 13.2. The molecule has 1 aromatic carbocycles. The van der Waals surface area contributed by atoms with Gasteiger partial charge < -0.3 is 19.9 Å². The number of likely N-dealkylation sites (N-methyl/N-ethyl adjacent to an activating group) is 1. The summed E-state index contributed by atoms with van der Waals surface area (Å²) < 4.78 is 11.1. The first-order valence-electron chi connectivity index (χ1n) is 6.82. The van der Waals surface area contributed by atoms with Crippen LogP contribution in [-0.4, -0.2) is 32.9 Å². The van der Waals surface area contributed by atoms with Gasteiger partial charge in [-0.25, -0.2) is 0 Å². The third kappa shape index (κ3) is 2.69. The van der Waals surface area contributed by atoms with E-state index in [0.717, 1.165) is 36.3 Å². The lowest BCUT2D eigenvalue weighted by molar-refractivity contribution is 0.172. The first-order valence-corrected chi connectivity index (χ1v) is 6.82. The summed E-state index contributed by atoms with van der Waals surface area (Å²) >= 11 is 0. The molecule has 0 saturated heterocycles. The Hall–Kier alpha value is -1.26. The number of benzene rings is 1. The van der Waals surface area contributed by atoms with Crippen LogP contribution in [0.1, 0.15) is 35.6 Å². The fraction of sp³-hybridized carbons (Fsp3) is 0.600. The molecule has 106 valence electrons.